The number of carbonyl (C=O) groups is 1. The highest BCUT2D eigenvalue weighted by molar-refractivity contribution is 6.44. The Balaban J connectivity index is 2.65. The zero-order valence-electron chi connectivity index (χ0n) is 7.75. The lowest BCUT2D eigenvalue weighted by Crippen LogP contribution is -2.19. The fraction of sp³-hybridized carbons (Fsp3) is 0.556. The maximum atomic E-state index is 11.3. The quantitative estimate of drug-likeness (QED) is 0.681. The molecule has 4 heteroatoms. The van der Waals surface area contributed by atoms with Gasteiger partial charge in [-0.1, -0.05) is 0 Å². The Labute approximate surface area is 77.5 Å². The van der Waals surface area contributed by atoms with Crippen LogP contribution in [-0.2, 0) is 9.53 Å². The van der Waals surface area contributed by atoms with Crippen molar-refractivity contribution >= 4 is 11.5 Å². The minimum Gasteiger partial charge on any atom is -0.400 e. The Morgan fingerprint density at radius 2 is 2.54 bits per heavy atom. The van der Waals surface area contributed by atoms with Crippen LogP contribution in [0.3, 0.4) is 0 Å². The number of carbonyl (C=O) groups excluding carboxylic acids is 1. The summed E-state index contributed by atoms with van der Waals surface area (Å²) in [5.74, 6) is 0.0744. The van der Waals surface area contributed by atoms with E-state index in [1.807, 2.05) is 0 Å². The molecule has 1 aliphatic rings. The van der Waals surface area contributed by atoms with E-state index in [0.29, 0.717) is 24.4 Å². The van der Waals surface area contributed by atoms with Gasteiger partial charge < -0.3 is 10.5 Å². The van der Waals surface area contributed by atoms with E-state index in [1.54, 1.807) is 13.2 Å². The van der Waals surface area contributed by atoms with E-state index in [-0.39, 0.29) is 5.78 Å². The molecule has 0 saturated heterocycles. The first-order valence-electron chi connectivity index (χ1n) is 4.26. The summed E-state index contributed by atoms with van der Waals surface area (Å²) in [6.07, 6.45) is 3.03. The van der Waals surface area contributed by atoms with Crippen molar-refractivity contribution in [3.8, 4) is 0 Å². The largest absolute Gasteiger partial charge is 0.400 e. The number of hydrogen-bond donors (Lipinski definition) is 1. The predicted octanol–water partition coefficient (Wildman–Crippen LogP) is 0.279. The highest BCUT2D eigenvalue weighted by Crippen LogP contribution is 2.04. The molecule has 0 aromatic rings. The average Bonchev–Trinajstić information content (AvgIpc) is 2.09. The van der Waals surface area contributed by atoms with Crippen molar-refractivity contribution in [2.45, 2.75) is 12.8 Å². The summed E-state index contributed by atoms with van der Waals surface area (Å²) in [4.78, 5) is 15.4. The van der Waals surface area contributed by atoms with Crippen LogP contribution in [0, 0.1) is 0 Å². The zero-order chi connectivity index (χ0) is 9.68. The summed E-state index contributed by atoms with van der Waals surface area (Å²) in [5, 5.41) is 0. The number of aliphatic imine (C=N–C) groups is 1. The Morgan fingerprint density at radius 3 is 3.15 bits per heavy atom. The van der Waals surface area contributed by atoms with E-state index in [1.165, 1.54) is 0 Å². The number of hydrogen-bond acceptors (Lipinski definition) is 4. The number of nitrogens with two attached hydrogens (primary N) is 1. The second kappa shape index (κ2) is 4.77. The third-order valence-electron chi connectivity index (χ3n) is 1.76. The molecule has 0 fully saturated rings. The van der Waals surface area contributed by atoms with Crippen molar-refractivity contribution in [1.29, 1.82) is 0 Å². The van der Waals surface area contributed by atoms with Crippen LogP contribution in [0.4, 0.5) is 0 Å². The van der Waals surface area contributed by atoms with Crippen molar-refractivity contribution in [2.24, 2.45) is 10.7 Å². The van der Waals surface area contributed by atoms with Crippen molar-refractivity contribution in [3.63, 3.8) is 0 Å². The second-order valence-corrected chi connectivity index (χ2v) is 2.95. The molecule has 2 N–H and O–H groups in total. The first-order valence-corrected chi connectivity index (χ1v) is 4.26. The predicted molar refractivity (Wildman–Crippen MR) is 50.7 cm³/mol. The van der Waals surface area contributed by atoms with Crippen molar-refractivity contribution in [2.75, 3.05) is 20.3 Å². The highest BCUT2D eigenvalue weighted by Gasteiger charge is 2.12. The van der Waals surface area contributed by atoms with E-state index in [9.17, 15) is 4.79 Å². The van der Waals surface area contributed by atoms with Crippen LogP contribution in [0.15, 0.2) is 16.8 Å². The van der Waals surface area contributed by atoms with Gasteiger partial charge in [-0.05, 0) is 12.5 Å². The molecular formula is C9H14N2O2. The molecule has 0 bridgehead atoms. The Morgan fingerprint density at radius 1 is 1.77 bits per heavy atom. The van der Waals surface area contributed by atoms with Crippen LogP contribution >= 0.6 is 0 Å². The van der Waals surface area contributed by atoms with Gasteiger partial charge in [0.2, 0.25) is 0 Å². The molecule has 0 radical (unpaired) electrons. The van der Waals surface area contributed by atoms with E-state index in [2.05, 4.69) is 4.99 Å². The second-order valence-electron chi connectivity index (χ2n) is 2.95. The molecular weight excluding hydrogens is 168 g/mol. The fourth-order valence-corrected chi connectivity index (χ4v) is 1.17. The zero-order valence-corrected chi connectivity index (χ0v) is 7.75. The summed E-state index contributed by atoms with van der Waals surface area (Å²) in [7, 11) is 1.56. The molecule has 1 rings (SSSR count). The maximum Gasteiger partial charge on any atom is 0.180 e. The van der Waals surface area contributed by atoms with Crippen molar-refractivity contribution in [1.82, 2.24) is 0 Å². The Kier molecular flexibility index (Phi) is 3.64. The molecule has 13 heavy (non-hydrogen) atoms. The van der Waals surface area contributed by atoms with Gasteiger partial charge in [0.05, 0.1) is 6.61 Å². The van der Waals surface area contributed by atoms with Gasteiger partial charge in [-0.2, -0.15) is 0 Å². The van der Waals surface area contributed by atoms with Gasteiger partial charge in [-0.3, -0.25) is 9.79 Å². The SMILES string of the molecule is COC/C(N)=C/C1=NCCCC1=O. The molecule has 0 atom stereocenters. The molecule has 0 saturated carbocycles. The van der Waals surface area contributed by atoms with E-state index in [4.69, 9.17) is 10.5 Å². The smallest absolute Gasteiger partial charge is 0.180 e. The number of nitrogens with zero attached hydrogens (tertiary/aromatic N) is 1. The van der Waals surface area contributed by atoms with Gasteiger partial charge in [-0.15, -0.1) is 0 Å². The molecule has 0 aromatic heterocycles. The number of Topliss-reactive ketones (excluding diaryl/α,β-unsaturated/α-hetero) is 1. The number of ketones is 1. The van der Waals surface area contributed by atoms with Gasteiger partial charge in [0, 0.05) is 25.8 Å². The lowest BCUT2D eigenvalue weighted by atomic mass is 10.1. The molecule has 0 unspecified atom stereocenters. The number of allylic oxidation sites excluding steroid dienone is 1. The number of rotatable bonds is 3. The summed E-state index contributed by atoms with van der Waals surface area (Å²) in [5.41, 5.74) is 6.61. The highest BCUT2D eigenvalue weighted by atomic mass is 16.5. The maximum absolute atomic E-state index is 11.3. The van der Waals surface area contributed by atoms with Crippen molar-refractivity contribution < 1.29 is 9.53 Å². The van der Waals surface area contributed by atoms with Crippen LogP contribution in [0.5, 0.6) is 0 Å². The van der Waals surface area contributed by atoms with Gasteiger partial charge in [-0.25, -0.2) is 0 Å². The molecule has 1 aliphatic heterocycles. The van der Waals surface area contributed by atoms with Crippen LogP contribution in [0.2, 0.25) is 0 Å². The number of methoxy groups -OCH3 is 1. The van der Waals surface area contributed by atoms with E-state index in [0.717, 1.165) is 13.0 Å². The molecule has 72 valence electrons. The van der Waals surface area contributed by atoms with Gasteiger partial charge in [0.15, 0.2) is 5.78 Å². The van der Waals surface area contributed by atoms with E-state index < -0.39 is 0 Å². The normalized spacial score (nSPS) is 18.7. The van der Waals surface area contributed by atoms with Crippen molar-refractivity contribution in [3.05, 3.63) is 11.8 Å². The summed E-state index contributed by atoms with van der Waals surface area (Å²) in [6.45, 7) is 1.06. The van der Waals surface area contributed by atoms with Crippen LogP contribution < -0.4 is 5.73 Å². The average molecular weight is 182 g/mol. The first-order chi connectivity index (χ1) is 6.24. The minimum atomic E-state index is 0.0744. The monoisotopic (exact) mass is 182 g/mol. The standard InChI is InChI=1S/C9H14N2O2/c1-13-6-7(10)5-8-9(12)3-2-4-11-8/h5H,2-4,6,10H2,1H3/b7-5-. The van der Waals surface area contributed by atoms with Crippen LogP contribution in [0.1, 0.15) is 12.8 Å². The molecule has 0 aromatic carbocycles. The Hall–Kier alpha value is -1.16. The van der Waals surface area contributed by atoms with E-state index >= 15 is 0 Å². The fourth-order valence-electron chi connectivity index (χ4n) is 1.17. The molecule has 4 nitrogen and oxygen atoms in total. The van der Waals surface area contributed by atoms with Gasteiger partial charge in [0.1, 0.15) is 5.71 Å². The van der Waals surface area contributed by atoms with Crippen LogP contribution in [-0.4, -0.2) is 31.8 Å². The Bertz CT molecular complexity index is 256. The van der Waals surface area contributed by atoms with Gasteiger partial charge >= 0.3 is 0 Å². The molecule has 1 heterocycles. The third kappa shape index (κ3) is 2.99. The molecule has 0 amide bonds. The lowest BCUT2D eigenvalue weighted by Gasteiger charge is -2.07. The summed E-state index contributed by atoms with van der Waals surface area (Å²) >= 11 is 0. The molecule has 0 spiro atoms. The topological polar surface area (TPSA) is 64.7 Å². The summed E-state index contributed by atoms with van der Waals surface area (Å²) in [6, 6.07) is 0. The van der Waals surface area contributed by atoms with Crippen LogP contribution in [0.25, 0.3) is 0 Å². The third-order valence-corrected chi connectivity index (χ3v) is 1.76. The summed E-state index contributed by atoms with van der Waals surface area (Å²) < 4.78 is 4.82. The lowest BCUT2D eigenvalue weighted by molar-refractivity contribution is -0.113. The molecule has 0 aliphatic carbocycles. The first kappa shape index (κ1) is 9.92. The minimum absolute atomic E-state index is 0.0744. The number of ether oxygens (including phenoxy) is 1. The van der Waals surface area contributed by atoms with Gasteiger partial charge in [0.25, 0.3) is 0 Å².